The van der Waals surface area contributed by atoms with Crippen molar-refractivity contribution in [1.82, 2.24) is 4.90 Å². The second-order valence-electron chi connectivity index (χ2n) is 5.60. The molecule has 1 aromatic carbocycles. The van der Waals surface area contributed by atoms with Crippen molar-refractivity contribution in [3.05, 3.63) is 35.9 Å². The van der Waals surface area contributed by atoms with Gasteiger partial charge < -0.3 is 15.7 Å². The van der Waals surface area contributed by atoms with Gasteiger partial charge in [0.15, 0.2) is 0 Å². The SMILES string of the molecule is COCCN(CC(C)C)C(CC(N)=NO)c1ccccc1. The molecule has 5 heteroatoms. The highest BCUT2D eigenvalue weighted by molar-refractivity contribution is 5.80. The number of hydrogen-bond donors (Lipinski definition) is 2. The predicted octanol–water partition coefficient (Wildman–Crippen LogP) is 2.47. The molecule has 0 heterocycles. The predicted molar refractivity (Wildman–Crippen MR) is 85.5 cm³/mol. The summed E-state index contributed by atoms with van der Waals surface area (Å²) >= 11 is 0. The van der Waals surface area contributed by atoms with Crippen molar-refractivity contribution in [1.29, 1.82) is 0 Å². The molecule has 0 saturated heterocycles. The summed E-state index contributed by atoms with van der Waals surface area (Å²) < 4.78 is 5.22. The number of hydrogen-bond acceptors (Lipinski definition) is 4. The molecule has 0 aromatic heterocycles. The number of ether oxygens (including phenoxy) is 1. The van der Waals surface area contributed by atoms with Crippen LogP contribution < -0.4 is 5.73 Å². The van der Waals surface area contributed by atoms with Crippen molar-refractivity contribution in [3.8, 4) is 0 Å². The molecule has 0 aliphatic carbocycles. The fourth-order valence-corrected chi connectivity index (χ4v) is 2.42. The maximum atomic E-state index is 8.89. The molecule has 1 rings (SSSR count). The normalized spacial score (nSPS) is 13.9. The van der Waals surface area contributed by atoms with Crippen LogP contribution in [-0.4, -0.2) is 42.7 Å². The van der Waals surface area contributed by atoms with Crippen LogP contribution in [0.15, 0.2) is 35.5 Å². The Morgan fingerprint density at radius 2 is 2.00 bits per heavy atom. The van der Waals surface area contributed by atoms with E-state index in [9.17, 15) is 0 Å². The third-order valence-corrected chi connectivity index (χ3v) is 3.34. The quantitative estimate of drug-likeness (QED) is 0.317. The van der Waals surface area contributed by atoms with E-state index in [4.69, 9.17) is 15.7 Å². The summed E-state index contributed by atoms with van der Waals surface area (Å²) in [6, 6.07) is 10.3. The van der Waals surface area contributed by atoms with Gasteiger partial charge in [0.1, 0.15) is 5.84 Å². The zero-order chi connectivity index (χ0) is 15.7. The average molecular weight is 293 g/mol. The van der Waals surface area contributed by atoms with Crippen LogP contribution in [0.3, 0.4) is 0 Å². The molecule has 0 radical (unpaired) electrons. The van der Waals surface area contributed by atoms with E-state index in [1.54, 1.807) is 7.11 Å². The summed E-state index contributed by atoms with van der Waals surface area (Å²) in [6.07, 6.45) is 0.497. The summed E-state index contributed by atoms with van der Waals surface area (Å²) in [4.78, 5) is 2.33. The Kier molecular flexibility index (Phi) is 7.79. The van der Waals surface area contributed by atoms with E-state index in [0.29, 0.717) is 18.9 Å². The van der Waals surface area contributed by atoms with Crippen LogP contribution in [0, 0.1) is 5.92 Å². The van der Waals surface area contributed by atoms with Gasteiger partial charge in [-0.2, -0.15) is 0 Å². The lowest BCUT2D eigenvalue weighted by molar-refractivity contribution is 0.111. The number of methoxy groups -OCH3 is 1. The van der Waals surface area contributed by atoms with E-state index < -0.39 is 0 Å². The van der Waals surface area contributed by atoms with Gasteiger partial charge in [-0.05, 0) is 11.5 Å². The number of oxime groups is 1. The number of nitrogens with zero attached hydrogens (tertiary/aromatic N) is 2. The van der Waals surface area contributed by atoms with Crippen LogP contribution in [0.25, 0.3) is 0 Å². The van der Waals surface area contributed by atoms with E-state index in [1.165, 1.54) is 5.56 Å². The molecular weight excluding hydrogens is 266 g/mol. The van der Waals surface area contributed by atoms with Gasteiger partial charge in [0.2, 0.25) is 0 Å². The van der Waals surface area contributed by atoms with Gasteiger partial charge >= 0.3 is 0 Å². The lowest BCUT2D eigenvalue weighted by atomic mass is 10.00. The summed E-state index contributed by atoms with van der Waals surface area (Å²) in [6.45, 7) is 6.78. The largest absolute Gasteiger partial charge is 0.409 e. The van der Waals surface area contributed by atoms with Crippen LogP contribution in [0.1, 0.15) is 31.9 Å². The van der Waals surface area contributed by atoms with Crippen molar-refractivity contribution in [2.75, 3.05) is 26.8 Å². The van der Waals surface area contributed by atoms with E-state index in [1.807, 2.05) is 18.2 Å². The van der Waals surface area contributed by atoms with Crippen LogP contribution in [-0.2, 0) is 4.74 Å². The summed E-state index contributed by atoms with van der Waals surface area (Å²) in [5.74, 6) is 0.774. The van der Waals surface area contributed by atoms with Crippen LogP contribution >= 0.6 is 0 Å². The van der Waals surface area contributed by atoms with Crippen LogP contribution in [0.4, 0.5) is 0 Å². The summed E-state index contributed by atoms with van der Waals surface area (Å²) in [5.41, 5.74) is 6.92. The van der Waals surface area contributed by atoms with Crippen LogP contribution in [0.2, 0.25) is 0 Å². The zero-order valence-corrected chi connectivity index (χ0v) is 13.2. The van der Waals surface area contributed by atoms with Crippen molar-refractivity contribution >= 4 is 5.84 Å². The van der Waals surface area contributed by atoms with Crippen LogP contribution in [0.5, 0.6) is 0 Å². The Morgan fingerprint density at radius 1 is 1.33 bits per heavy atom. The second kappa shape index (κ2) is 9.37. The number of benzene rings is 1. The maximum Gasteiger partial charge on any atom is 0.141 e. The van der Waals surface area contributed by atoms with Crippen molar-refractivity contribution in [3.63, 3.8) is 0 Å². The average Bonchev–Trinajstić information content (AvgIpc) is 2.49. The minimum absolute atomic E-state index is 0.0830. The lowest BCUT2D eigenvalue weighted by Gasteiger charge is -2.33. The van der Waals surface area contributed by atoms with Crippen molar-refractivity contribution < 1.29 is 9.94 Å². The topological polar surface area (TPSA) is 71.1 Å². The molecule has 1 unspecified atom stereocenters. The van der Waals surface area contributed by atoms with Crippen molar-refractivity contribution in [2.45, 2.75) is 26.3 Å². The Morgan fingerprint density at radius 3 is 2.52 bits per heavy atom. The highest BCUT2D eigenvalue weighted by Crippen LogP contribution is 2.25. The second-order valence-corrected chi connectivity index (χ2v) is 5.60. The molecule has 1 atom stereocenters. The highest BCUT2D eigenvalue weighted by Gasteiger charge is 2.22. The fraction of sp³-hybridized carbons (Fsp3) is 0.562. The van der Waals surface area contributed by atoms with Crippen molar-refractivity contribution in [2.24, 2.45) is 16.8 Å². The third-order valence-electron chi connectivity index (χ3n) is 3.34. The maximum absolute atomic E-state index is 8.89. The first-order valence-electron chi connectivity index (χ1n) is 7.32. The molecule has 0 saturated carbocycles. The molecular formula is C16H27N3O2. The monoisotopic (exact) mass is 293 g/mol. The molecule has 0 spiro atoms. The van der Waals surface area contributed by atoms with Gasteiger partial charge in [0.05, 0.1) is 6.61 Å². The number of rotatable bonds is 9. The highest BCUT2D eigenvalue weighted by atomic mass is 16.5. The summed E-state index contributed by atoms with van der Waals surface area (Å²) in [5, 5.41) is 12.0. The first kappa shape index (κ1) is 17.5. The van der Waals surface area contributed by atoms with E-state index in [0.717, 1.165) is 13.1 Å². The van der Waals surface area contributed by atoms with Gasteiger partial charge in [-0.15, -0.1) is 0 Å². The van der Waals surface area contributed by atoms with E-state index in [2.05, 4.69) is 36.0 Å². The van der Waals surface area contributed by atoms with Gasteiger partial charge in [-0.3, -0.25) is 4.90 Å². The molecule has 1 aromatic rings. The van der Waals surface area contributed by atoms with Gasteiger partial charge in [-0.25, -0.2) is 0 Å². The minimum atomic E-state index is 0.0830. The Labute approximate surface area is 127 Å². The summed E-state index contributed by atoms with van der Waals surface area (Å²) in [7, 11) is 1.70. The van der Waals surface area contributed by atoms with Gasteiger partial charge in [0.25, 0.3) is 0 Å². The van der Waals surface area contributed by atoms with Gasteiger partial charge in [0, 0.05) is 32.7 Å². The Balaban J connectivity index is 2.99. The lowest BCUT2D eigenvalue weighted by Crippen LogP contribution is -2.37. The number of amidine groups is 1. The smallest absolute Gasteiger partial charge is 0.141 e. The molecule has 5 nitrogen and oxygen atoms in total. The third kappa shape index (κ3) is 6.14. The minimum Gasteiger partial charge on any atom is -0.409 e. The Hall–Kier alpha value is -1.59. The molecule has 21 heavy (non-hydrogen) atoms. The zero-order valence-electron chi connectivity index (χ0n) is 13.2. The molecule has 0 amide bonds. The van der Waals surface area contributed by atoms with E-state index >= 15 is 0 Å². The first-order chi connectivity index (χ1) is 10.1. The standard InChI is InChI=1S/C16H27N3O2/c1-13(2)12-19(9-10-21-3)15(11-16(17)18-20)14-7-5-4-6-8-14/h4-8,13,15,20H,9-12H2,1-3H3,(H2,17,18). The fourth-order valence-electron chi connectivity index (χ4n) is 2.42. The Bertz CT molecular complexity index is 421. The molecule has 0 fully saturated rings. The first-order valence-corrected chi connectivity index (χ1v) is 7.32. The molecule has 3 N–H and O–H groups in total. The van der Waals surface area contributed by atoms with E-state index in [-0.39, 0.29) is 11.9 Å². The molecule has 0 aliphatic heterocycles. The molecule has 0 bridgehead atoms. The number of nitrogens with two attached hydrogens (primary N) is 1. The van der Waals surface area contributed by atoms with Gasteiger partial charge in [-0.1, -0.05) is 49.3 Å². The molecule has 118 valence electrons. The molecule has 0 aliphatic rings.